The number of thioether (sulfide) groups is 1. The number of rotatable bonds is 4. The molecule has 1 aliphatic rings. The Morgan fingerprint density at radius 3 is 2.24 bits per heavy atom. The van der Waals surface area contributed by atoms with Crippen molar-refractivity contribution < 1.29 is 19.8 Å². The number of anilines is 1. The van der Waals surface area contributed by atoms with E-state index in [4.69, 9.17) is 15.9 Å². The zero-order chi connectivity index (χ0) is 15.6. The van der Waals surface area contributed by atoms with Crippen molar-refractivity contribution in [2.75, 3.05) is 5.43 Å². The van der Waals surface area contributed by atoms with E-state index in [2.05, 4.69) is 22.1 Å². The summed E-state index contributed by atoms with van der Waals surface area (Å²) in [6.45, 7) is 3.64. The predicted molar refractivity (Wildman–Crippen MR) is 79.8 cm³/mol. The molecule has 0 spiro atoms. The van der Waals surface area contributed by atoms with Gasteiger partial charge in [-0.2, -0.15) is 5.10 Å². The van der Waals surface area contributed by atoms with Gasteiger partial charge in [-0.05, 0) is 30.0 Å². The van der Waals surface area contributed by atoms with Crippen LogP contribution in [0, 0.1) is 0 Å². The fourth-order valence-electron chi connectivity index (χ4n) is 1.50. The first-order valence-electron chi connectivity index (χ1n) is 5.53. The third-order valence-electron chi connectivity index (χ3n) is 2.41. The lowest BCUT2D eigenvalue weighted by Gasteiger charge is -2.05. The van der Waals surface area contributed by atoms with Gasteiger partial charge in [0, 0.05) is 0 Å². The second kappa shape index (κ2) is 5.67. The van der Waals surface area contributed by atoms with Gasteiger partial charge in [0.15, 0.2) is 5.17 Å². The Morgan fingerprint density at radius 1 is 1.24 bits per heavy atom. The number of nitrogens with two attached hydrogens (primary N) is 1. The van der Waals surface area contributed by atoms with E-state index in [0.717, 1.165) is 17.8 Å². The molecule has 0 radical (unpaired) electrons. The van der Waals surface area contributed by atoms with Crippen LogP contribution < -0.4 is 11.2 Å². The highest BCUT2D eigenvalue weighted by Gasteiger charge is 2.16. The first-order valence-corrected chi connectivity index (χ1v) is 6.35. The fourth-order valence-corrected chi connectivity index (χ4v) is 2.11. The molecule has 1 heterocycles. The third-order valence-corrected chi connectivity index (χ3v) is 3.23. The molecule has 0 saturated heterocycles. The van der Waals surface area contributed by atoms with Gasteiger partial charge in [-0.15, -0.1) is 0 Å². The highest BCUT2D eigenvalue weighted by molar-refractivity contribution is 8.27. The Balaban J connectivity index is 2.28. The molecule has 1 aromatic rings. The molecule has 2 rings (SSSR count). The van der Waals surface area contributed by atoms with E-state index in [-0.39, 0.29) is 16.8 Å². The molecule has 0 aromatic heterocycles. The van der Waals surface area contributed by atoms with Gasteiger partial charge in [0.05, 0.1) is 22.5 Å². The van der Waals surface area contributed by atoms with E-state index in [1.54, 1.807) is 0 Å². The van der Waals surface area contributed by atoms with Crippen molar-refractivity contribution in [3.05, 3.63) is 41.6 Å². The first kappa shape index (κ1) is 14.6. The summed E-state index contributed by atoms with van der Waals surface area (Å²) in [5.74, 6) is -2.47. The third kappa shape index (κ3) is 3.39. The van der Waals surface area contributed by atoms with Crippen LogP contribution in [0.5, 0.6) is 0 Å². The normalized spacial score (nSPS) is 15.9. The molecule has 0 saturated carbocycles. The zero-order valence-electron chi connectivity index (χ0n) is 10.5. The number of carboxylic acids is 2. The zero-order valence-corrected chi connectivity index (χ0v) is 11.3. The number of hydrogen-bond donors (Lipinski definition) is 4. The molecule has 0 aliphatic carbocycles. The minimum absolute atomic E-state index is 0.161. The maximum Gasteiger partial charge on any atom is 0.335 e. The van der Waals surface area contributed by atoms with Crippen LogP contribution in [0.15, 0.2) is 40.6 Å². The Hall–Kier alpha value is -2.81. The molecule has 21 heavy (non-hydrogen) atoms. The van der Waals surface area contributed by atoms with Gasteiger partial charge in [-0.1, -0.05) is 6.58 Å². The quantitative estimate of drug-likeness (QED) is 0.616. The molecule has 9 heteroatoms. The van der Waals surface area contributed by atoms with E-state index in [0.29, 0.717) is 15.9 Å². The first-order chi connectivity index (χ1) is 9.86. The smallest absolute Gasteiger partial charge is 0.335 e. The molecule has 0 amide bonds. The summed E-state index contributed by atoms with van der Waals surface area (Å²) in [5.41, 5.74) is 8.35. The number of aliphatic imine (C=N–C) groups is 1. The van der Waals surface area contributed by atoms with E-state index in [1.807, 2.05) is 0 Å². The molecule has 1 aliphatic heterocycles. The number of nitrogens with one attached hydrogen (secondary N) is 1. The van der Waals surface area contributed by atoms with Crippen molar-refractivity contribution in [1.29, 1.82) is 0 Å². The van der Waals surface area contributed by atoms with E-state index in [1.165, 1.54) is 12.1 Å². The number of nitrogens with zero attached hydrogens (tertiary/aromatic N) is 2. The summed E-state index contributed by atoms with van der Waals surface area (Å²) < 4.78 is 0. The number of amidine groups is 1. The number of benzene rings is 1. The number of carboxylic acid groups (broad SMARTS) is 2. The monoisotopic (exact) mass is 306 g/mol. The standard InChI is InChI=1S/C12H10N4O4S/c1-5-9(21-12(13)14-5)16-15-8-3-6(10(17)18)2-7(4-8)11(19)20/h2-4,15H,1H2,(H2,13,14)(H,17,18)(H,19,20). The van der Waals surface area contributed by atoms with Gasteiger partial charge in [0.1, 0.15) is 5.04 Å². The molecule has 0 atom stereocenters. The van der Waals surface area contributed by atoms with Crippen LogP contribution in [0.1, 0.15) is 20.7 Å². The molecule has 5 N–H and O–H groups in total. The second-order valence-corrected chi connectivity index (χ2v) is 4.95. The molecular weight excluding hydrogens is 296 g/mol. The maximum atomic E-state index is 11.0. The number of hydrazone groups is 1. The Bertz CT molecular complexity index is 679. The summed E-state index contributed by atoms with van der Waals surface area (Å²) in [6, 6.07) is 3.60. The van der Waals surface area contributed by atoms with Crippen molar-refractivity contribution in [3.8, 4) is 0 Å². The highest BCUT2D eigenvalue weighted by Crippen LogP contribution is 2.22. The lowest BCUT2D eigenvalue weighted by molar-refractivity contribution is 0.0696. The van der Waals surface area contributed by atoms with Crippen LogP contribution in [-0.4, -0.2) is 32.4 Å². The predicted octanol–water partition coefficient (Wildman–Crippen LogP) is 1.38. The van der Waals surface area contributed by atoms with Crippen molar-refractivity contribution in [3.63, 3.8) is 0 Å². The maximum absolute atomic E-state index is 11.0. The molecule has 0 bridgehead atoms. The van der Waals surface area contributed by atoms with Gasteiger partial charge >= 0.3 is 11.9 Å². The summed E-state index contributed by atoms with van der Waals surface area (Å²) >= 11 is 1.10. The van der Waals surface area contributed by atoms with Gasteiger partial charge in [-0.3, -0.25) is 5.43 Å². The Morgan fingerprint density at radius 2 is 1.81 bits per heavy atom. The van der Waals surface area contributed by atoms with Crippen molar-refractivity contribution in [1.82, 2.24) is 0 Å². The van der Waals surface area contributed by atoms with Crippen LogP contribution in [0.3, 0.4) is 0 Å². The largest absolute Gasteiger partial charge is 0.478 e. The molecule has 0 unspecified atom stereocenters. The van der Waals surface area contributed by atoms with E-state index >= 15 is 0 Å². The Labute approximate surface area is 123 Å². The lowest BCUT2D eigenvalue weighted by Crippen LogP contribution is -2.05. The number of aromatic carboxylic acids is 2. The molecule has 0 fully saturated rings. The van der Waals surface area contributed by atoms with E-state index < -0.39 is 11.9 Å². The van der Waals surface area contributed by atoms with Crippen LogP contribution in [0.4, 0.5) is 5.69 Å². The van der Waals surface area contributed by atoms with Crippen molar-refractivity contribution in [2.45, 2.75) is 0 Å². The summed E-state index contributed by atoms with van der Waals surface area (Å²) in [4.78, 5) is 25.8. The fraction of sp³-hybridized carbons (Fsp3) is 0. The van der Waals surface area contributed by atoms with Crippen LogP contribution in [0.2, 0.25) is 0 Å². The summed E-state index contributed by atoms with van der Waals surface area (Å²) in [6.07, 6.45) is 0. The van der Waals surface area contributed by atoms with Crippen molar-refractivity contribution >= 4 is 39.6 Å². The minimum atomic E-state index is -1.24. The molecular formula is C12H10N4O4S. The van der Waals surface area contributed by atoms with Gasteiger partial charge < -0.3 is 15.9 Å². The SMILES string of the molecule is C=C1N=C(N)SC1=NNc1cc(C(=O)O)cc(C(=O)O)c1. The average molecular weight is 306 g/mol. The molecule has 1 aromatic carbocycles. The summed E-state index contributed by atoms with van der Waals surface area (Å²) in [5, 5.41) is 22.6. The Kier molecular flexibility index (Phi) is 3.94. The number of carbonyl (C=O) groups is 2. The molecule has 8 nitrogen and oxygen atoms in total. The highest BCUT2D eigenvalue weighted by atomic mass is 32.2. The topological polar surface area (TPSA) is 137 Å². The number of hydrogen-bond acceptors (Lipinski definition) is 7. The second-order valence-electron chi connectivity index (χ2n) is 3.94. The van der Waals surface area contributed by atoms with Crippen LogP contribution in [0.25, 0.3) is 0 Å². The van der Waals surface area contributed by atoms with E-state index in [9.17, 15) is 9.59 Å². The summed E-state index contributed by atoms with van der Waals surface area (Å²) in [7, 11) is 0. The molecule has 108 valence electrons. The lowest BCUT2D eigenvalue weighted by atomic mass is 10.1. The van der Waals surface area contributed by atoms with Gasteiger partial charge in [-0.25, -0.2) is 14.6 Å². The van der Waals surface area contributed by atoms with Gasteiger partial charge in [0.2, 0.25) is 0 Å². The van der Waals surface area contributed by atoms with Crippen molar-refractivity contribution in [2.24, 2.45) is 15.8 Å². The minimum Gasteiger partial charge on any atom is -0.478 e. The van der Waals surface area contributed by atoms with Gasteiger partial charge in [0.25, 0.3) is 0 Å². The van der Waals surface area contributed by atoms with Crippen LogP contribution in [-0.2, 0) is 0 Å². The van der Waals surface area contributed by atoms with Crippen LogP contribution >= 0.6 is 11.8 Å². The average Bonchev–Trinajstić information content (AvgIpc) is 2.74.